The van der Waals surface area contributed by atoms with Crippen molar-refractivity contribution in [3.63, 3.8) is 0 Å². The van der Waals surface area contributed by atoms with Crippen molar-refractivity contribution in [1.29, 1.82) is 0 Å². The standard InChI is InChI=1S/C28H29NO3/c1-2-32-27(30)19-18-26(20-21-31-22-23-12-6-3-7-13-23)29-28(24-14-8-4-9-15-24)25-16-10-5-11-17-25/h3-19,26H,2,20-22H2,1H3/b19-18+. The molecule has 0 aliphatic rings. The summed E-state index contributed by atoms with van der Waals surface area (Å²) < 4.78 is 10.9. The van der Waals surface area contributed by atoms with Crippen LogP contribution >= 0.6 is 0 Å². The van der Waals surface area contributed by atoms with E-state index >= 15 is 0 Å². The van der Waals surface area contributed by atoms with Crippen LogP contribution in [-0.2, 0) is 20.9 Å². The average molecular weight is 428 g/mol. The summed E-state index contributed by atoms with van der Waals surface area (Å²) in [5, 5.41) is 0. The Morgan fingerprint density at radius 2 is 1.44 bits per heavy atom. The van der Waals surface area contributed by atoms with Crippen LogP contribution in [-0.4, -0.2) is 30.9 Å². The molecule has 0 aliphatic carbocycles. The molecule has 0 aromatic heterocycles. The highest BCUT2D eigenvalue weighted by Gasteiger charge is 2.11. The third-order valence-electron chi connectivity index (χ3n) is 4.80. The summed E-state index contributed by atoms with van der Waals surface area (Å²) >= 11 is 0. The van der Waals surface area contributed by atoms with Crippen LogP contribution in [0.1, 0.15) is 30.0 Å². The van der Waals surface area contributed by atoms with Gasteiger partial charge < -0.3 is 9.47 Å². The molecule has 0 spiro atoms. The molecule has 0 heterocycles. The molecule has 0 amide bonds. The highest BCUT2D eigenvalue weighted by atomic mass is 16.5. The Balaban J connectivity index is 1.80. The molecule has 0 radical (unpaired) electrons. The van der Waals surface area contributed by atoms with Crippen LogP contribution in [0.3, 0.4) is 0 Å². The first-order chi connectivity index (χ1) is 15.8. The van der Waals surface area contributed by atoms with Crippen LogP contribution in [0.2, 0.25) is 0 Å². The van der Waals surface area contributed by atoms with Crippen LogP contribution in [0, 0.1) is 0 Å². The lowest BCUT2D eigenvalue weighted by atomic mass is 10.0. The minimum absolute atomic E-state index is 0.231. The van der Waals surface area contributed by atoms with Crippen LogP contribution < -0.4 is 0 Å². The summed E-state index contributed by atoms with van der Waals surface area (Å²) in [7, 11) is 0. The number of hydrogen-bond donors (Lipinski definition) is 0. The molecule has 1 unspecified atom stereocenters. The van der Waals surface area contributed by atoms with Gasteiger partial charge in [0.2, 0.25) is 0 Å². The summed E-state index contributed by atoms with van der Waals surface area (Å²) in [6, 6.07) is 30.0. The number of benzene rings is 3. The second-order valence-electron chi connectivity index (χ2n) is 7.22. The van der Waals surface area contributed by atoms with E-state index in [1.54, 1.807) is 13.0 Å². The zero-order valence-corrected chi connectivity index (χ0v) is 18.4. The van der Waals surface area contributed by atoms with Crippen LogP contribution in [0.5, 0.6) is 0 Å². The normalized spacial score (nSPS) is 11.8. The largest absolute Gasteiger partial charge is 0.463 e. The second-order valence-corrected chi connectivity index (χ2v) is 7.22. The predicted molar refractivity (Wildman–Crippen MR) is 129 cm³/mol. The van der Waals surface area contributed by atoms with Gasteiger partial charge in [0.25, 0.3) is 0 Å². The number of esters is 1. The zero-order valence-electron chi connectivity index (χ0n) is 18.4. The molecule has 3 aromatic rings. The molecule has 32 heavy (non-hydrogen) atoms. The Kier molecular flexibility index (Phi) is 9.43. The fourth-order valence-electron chi connectivity index (χ4n) is 3.23. The molecule has 4 nitrogen and oxygen atoms in total. The summed E-state index contributed by atoms with van der Waals surface area (Å²) in [6.45, 7) is 3.20. The van der Waals surface area contributed by atoms with E-state index in [2.05, 4.69) is 0 Å². The minimum Gasteiger partial charge on any atom is -0.463 e. The van der Waals surface area contributed by atoms with Crippen molar-refractivity contribution in [2.75, 3.05) is 13.2 Å². The molecule has 0 bridgehead atoms. The van der Waals surface area contributed by atoms with Crippen molar-refractivity contribution in [1.82, 2.24) is 0 Å². The van der Waals surface area contributed by atoms with Crippen molar-refractivity contribution in [3.05, 3.63) is 120 Å². The summed E-state index contributed by atoms with van der Waals surface area (Å²) in [5.41, 5.74) is 4.06. The third kappa shape index (κ3) is 7.64. The van der Waals surface area contributed by atoms with Gasteiger partial charge in [-0.3, -0.25) is 4.99 Å². The minimum atomic E-state index is -0.362. The SMILES string of the molecule is CCOC(=O)/C=C/C(CCOCc1ccccc1)N=C(c1ccccc1)c1ccccc1. The fraction of sp³-hybridized carbons (Fsp3) is 0.214. The van der Waals surface area contributed by atoms with E-state index in [9.17, 15) is 4.79 Å². The molecule has 0 N–H and O–H groups in total. The molecule has 0 saturated heterocycles. The van der Waals surface area contributed by atoms with Gasteiger partial charge in [0.1, 0.15) is 0 Å². The maximum atomic E-state index is 11.9. The number of hydrogen-bond acceptors (Lipinski definition) is 4. The molecule has 3 aromatic carbocycles. The third-order valence-corrected chi connectivity index (χ3v) is 4.80. The first kappa shape index (κ1) is 23.2. The lowest BCUT2D eigenvalue weighted by molar-refractivity contribution is -0.137. The number of carbonyl (C=O) groups is 1. The molecular weight excluding hydrogens is 398 g/mol. The Hall–Kier alpha value is -3.50. The first-order valence-corrected chi connectivity index (χ1v) is 10.9. The van der Waals surface area contributed by atoms with E-state index in [-0.39, 0.29) is 12.0 Å². The van der Waals surface area contributed by atoms with Crippen molar-refractivity contribution in [3.8, 4) is 0 Å². The summed E-state index contributed by atoms with van der Waals surface area (Å²) in [5.74, 6) is -0.362. The Morgan fingerprint density at radius 3 is 2.00 bits per heavy atom. The number of nitrogens with zero attached hydrogens (tertiary/aromatic N) is 1. The van der Waals surface area contributed by atoms with E-state index in [0.29, 0.717) is 26.2 Å². The van der Waals surface area contributed by atoms with Crippen LogP contribution in [0.25, 0.3) is 0 Å². The van der Waals surface area contributed by atoms with E-state index in [1.807, 2.05) is 91.0 Å². The highest BCUT2D eigenvalue weighted by molar-refractivity contribution is 6.13. The van der Waals surface area contributed by atoms with Gasteiger partial charge in [0.15, 0.2) is 0 Å². The van der Waals surface area contributed by atoms with Crippen molar-refractivity contribution >= 4 is 11.7 Å². The topological polar surface area (TPSA) is 47.9 Å². The zero-order chi connectivity index (χ0) is 22.4. The number of carbonyl (C=O) groups excluding carboxylic acids is 1. The van der Waals surface area contributed by atoms with E-state index < -0.39 is 0 Å². The molecule has 0 aliphatic heterocycles. The van der Waals surface area contributed by atoms with Crippen molar-refractivity contribution in [2.45, 2.75) is 26.0 Å². The Bertz CT molecular complexity index is 957. The first-order valence-electron chi connectivity index (χ1n) is 10.9. The van der Waals surface area contributed by atoms with Gasteiger partial charge in [-0.1, -0.05) is 97.1 Å². The van der Waals surface area contributed by atoms with Crippen LogP contribution in [0.4, 0.5) is 0 Å². The second kappa shape index (κ2) is 13.0. The molecule has 3 rings (SSSR count). The summed E-state index contributed by atoms with van der Waals surface area (Å²) in [6.07, 6.45) is 3.91. The van der Waals surface area contributed by atoms with E-state index in [4.69, 9.17) is 14.5 Å². The highest BCUT2D eigenvalue weighted by Crippen LogP contribution is 2.15. The van der Waals surface area contributed by atoms with Crippen LogP contribution in [0.15, 0.2) is 108 Å². The van der Waals surface area contributed by atoms with Gasteiger partial charge in [0, 0.05) is 23.8 Å². The van der Waals surface area contributed by atoms with Gasteiger partial charge in [-0.25, -0.2) is 4.79 Å². The van der Waals surface area contributed by atoms with Crippen molar-refractivity contribution < 1.29 is 14.3 Å². The molecule has 164 valence electrons. The number of aliphatic imine (C=N–C) groups is 1. The number of ether oxygens (including phenoxy) is 2. The maximum absolute atomic E-state index is 11.9. The number of rotatable bonds is 11. The molecule has 4 heteroatoms. The average Bonchev–Trinajstić information content (AvgIpc) is 2.85. The Labute approximate surface area is 190 Å². The lowest BCUT2D eigenvalue weighted by Gasteiger charge is -2.14. The van der Waals surface area contributed by atoms with Gasteiger partial charge in [-0.05, 0) is 18.9 Å². The monoisotopic (exact) mass is 427 g/mol. The Morgan fingerprint density at radius 1 is 0.875 bits per heavy atom. The van der Waals surface area contributed by atoms with Gasteiger partial charge >= 0.3 is 5.97 Å². The molecule has 1 atom stereocenters. The van der Waals surface area contributed by atoms with Crippen molar-refractivity contribution in [2.24, 2.45) is 4.99 Å². The summed E-state index contributed by atoms with van der Waals surface area (Å²) in [4.78, 5) is 16.9. The molecule has 0 saturated carbocycles. The van der Waals surface area contributed by atoms with E-state index in [0.717, 1.165) is 22.4 Å². The van der Waals surface area contributed by atoms with E-state index in [1.165, 1.54) is 6.08 Å². The maximum Gasteiger partial charge on any atom is 0.330 e. The molecule has 0 fully saturated rings. The quantitative estimate of drug-likeness (QED) is 0.173. The molecular formula is C28H29NO3. The predicted octanol–water partition coefficient (Wildman–Crippen LogP) is 5.62. The van der Waals surface area contributed by atoms with Gasteiger partial charge in [-0.2, -0.15) is 0 Å². The smallest absolute Gasteiger partial charge is 0.330 e. The van der Waals surface area contributed by atoms with Gasteiger partial charge in [0.05, 0.1) is 25.0 Å². The lowest BCUT2D eigenvalue weighted by Crippen LogP contribution is -2.13. The fourth-order valence-corrected chi connectivity index (χ4v) is 3.23. The van der Waals surface area contributed by atoms with Gasteiger partial charge in [-0.15, -0.1) is 0 Å².